The van der Waals surface area contributed by atoms with E-state index in [4.69, 9.17) is 18.0 Å². The van der Waals surface area contributed by atoms with Gasteiger partial charge in [-0.1, -0.05) is 18.6 Å². The number of nitrogens with two attached hydrogens (primary N) is 1. The number of hydrogen-bond donors (Lipinski definition) is 2. The van der Waals surface area contributed by atoms with Crippen molar-refractivity contribution in [3.8, 4) is 0 Å². The Kier molecular flexibility index (Phi) is 4.42. The fraction of sp³-hybridized carbons (Fsp3) is 0.533. The molecule has 1 aliphatic heterocycles. The number of nitrogens with one attached hydrogen (secondary N) is 1. The van der Waals surface area contributed by atoms with E-state index in [1.54, 1.807) is 0 Å². The summed E-state index contributed by atoms with van der Waals surface area (Å²) in [4.78, 5) is 0.462. The summed E-state index contributed by atoms with van der Waals surface area (Å²) in [7, 11) is 0. The Morgan fingerprint density at radius 1 is 1.32 bits per heavy atom. The second kappa shape index (κ2) is 5.88. The Morgan fingerprint density at radius 2 is 1.95 bits per heavy atom. The third-order valence-corrected chi connectivity index (χ3v) is 4.16. The molecule has 0 radical (unpaired) electrons. The van der Waals surface area contributed by atoms with Gasteiger partial charge in [-0.2, -0.15) is 0 Å². The molecule has 104 valence electrons. The van der Waals surface area contributed by atoms with Crippen LogP contribution >= 0.6 is 12.2 Å². The van der Waals surface area contributed by atoms with E-state index < -0.39 is 0 Å². The van der Waals surface area contributed by atoms with Crippen LogP contribution in [0.15, 0.2) is 18.2 Å². The molecule has 1 heterocycles. The summed E-state index contributed by atoms with van der Waals surface area (Å²) in [5.41, 5.74) is 12.4. The minimum absolute atomic E-state index is 0.462. The Morgan fingerprint density at radius 3 is 2.47 bits per heavy atom. The van der Waals surface area contributed by atoms with Crippen LogP contribution in [-0.4, -0.2) is 22.1 Å². The molecular formula is C15H23N3S. The van der Waals surface area contributed by atoms with Crippen molar-refractivity contribution >= 4 is 22.9 Å². The minimum atomic E-state index is 0.462. The first-order chi connectivity index (χ1) is 8.99. The lowest BCUT2D eigenvalue weighted by Crippen LogP contribution is -2.47. The quantitative estimate of drug-likeness (QED) is 0.832. The average Bonchev–Trinajstić information content (AvgIpc) is 2.33. The van der Waals surface area contributed by atoms with Gasteiger partial charge in [0.2, 0.25) is 0 Å². The lowest BCUT2D eigenvalue weighted by Gasteiger charge is -2.39. The van der Waals surface area contributed by atoms with Crippen LogP contribution in [0.25, 0.3) is 0 Å². The molecule has 0 spiro atoms. The van der Waals surface area contributed by atoms with Crippen LogP contribution in [0, 0.1) is 6.92 Å². The first-order valence-corrected chi connectivity index (χ1v) is 7.35. The maximum atomic E-state index is 5.69. The first-order valence-electron chi connectivity index (χ1n) is 6.94. The molecular weight excluding hydrogens is 254 g/mol. The van der Waals surface area contributed by atoms with Crippen LogP contribution in [0.3, 0.4) is 0 Å². The standard InChI is InChI=1S/C15H23N3S/c1-10-9-13(7-8-14(10)15(16)19)17-18-11(2)5-4-6-12(18)3/h7-9,11-12,17H,4-6H2,1-3H3,(H2,16,19). The van der Waals surface area contributed by atoms with Crippen molar-refractivity contribution in [1.82, 2.24) is 5.01 Å². The lowest BCUT2D eigenvalue weighted by atomic mass is 10.00. The highest BCUT2D eigenvalue weighted by molar-refractivity contribution is 7.80. The molecule has 1 saturated heterocycles. The van der Waals surface area contributed by atoms with Crippen molar-refractivity contribution in [1.29, 1.82) is 0 Å². The number of benzene rings is 1. The van der Waals surface area contributed by atoms with Gasteiger partial charge in [-0.15, -0.1) is 0 Å². The van der Waals surface area contributed by atoms with Crippen LogP contribution < -0.4 is 11.2 Å². The van der Waals surface area contributed by atoms with Crippen molar-refractivity contribution in [2.24, 2.45) is 5.73 Å². The molecule has 2 unspecified atom stereocenters. The number of nitrogens with zero attached hydrogens (tertiary/aromatic N) is 1. The van der Waals surface area contributed by atoms with E-state index in [1.165, 1.54) is 19.3 Å². The predicted molar refractivity (Wildman–Crippen MR) is 85.3 cm³/mol. The Hall–Kier alpha value is -1.13. The molecule has 0 bridgehead atoms. The molecule has 0 aliphatic carbocycles. The summed E-state index contributed by atoms with van der Waals surface area (Å²) in [6.45, 7) is 6.60. The number of anilines is 1. The van der Waals surface area contributed by atoms with E-state index in [0.29, 0.717) is 17.1 Å². The topological polar surface area (TPSA) is 41.3 Å². The van der Waals surface area contributed by atoms with Gasteiger partial charge in [0.05, 0.1) is 0 Å². The summed E-state index contributed by atoms with van der Waals surface area (Å²) < 4.78 is 0. The summed E-state index contributed by atoms with van der Waals surface area (Å²) in [5, 5.41) is 2.36. The van der Waals surface area contributed by atoms with Crippen LogP contribution in [0.4, 0.5) is 5.69 Å². The van der Waals surface area contributed by atoms with Gasteiger partial charge in [0.1, 0.15) is 4.99 Å². The molecule has 0 saturated carbocycles. The predicted octanol–water partition coefficient (Wildman–Crippen LogP) is 3.22. The second-order valence-corrected chi connectivity index (χ2v) is 5.98. The molecule has 2 atom stereocenters. The third-order valence-electron chi connectivity index (χ3n) is 3.94. The molecule has 1 aromatic rings. The van der Waals surface area contributed by atoms with Gasteiger partial charge in [0.25, 0.3) is 0 Å². The molecule has 1 aliphatic rings. The van der Waals surface area contributed by atoms with Crippen molar-refractivity contribution in [3.63, 3.8) is 0 Å². The maximum absolute atomic E-state index is 5.69. The smallest absolute Gasteiger partial charge is 0.104 e. The van der Waals surface area contributed by atoms with Crippen molar-refractivity contribution in [3.05, 3.63) is 29.3 Å². The molecule has 0 amide bonds. The summed E-state index contributed by atoms with van der Waals surface area (Å²) >= 11 is 5.04. The summed E-state index contributed by atoms with van der Waals surface area (Å²) in [6, 6.07) is 7.30. The lowest BCUT2D eigenvalue weighted by molar-refractivity contribution is 0.136. The zero-order chi connectivity index (χ0) is 14.0. The van der Waals surface area contributed by atoms with Gasteiger partial charge < -0.3 is 11.2 Å². The van der Waals surface area contributed by atoms with Gasteiger partial charge >= 0.3 is 0 Å². The van der Waals surface area contributed by atoms with Crippen LogP contribution in [-0.2, 0) is 0 Å². The molecule has 2 rings (SSSR count). The van der Waals surface area contributed by atoms with E-state index in [-0.39, 0.29) is 0 Å². The Balaban J connectivity index is 2.14. The number of thiocarbonyl (C=S) groups is 1. The van der Waals surface area contributed by atoms with Gasteiger partial charge in [-0.05, 0) is 57.4 Å². The van der Waals surface area contributed by atoms with Crippen LogP contribution in [0.5, 0.6) is 0 Å². The van der Waals surface area contributed by atoms with E-state index >= 15 is 0 Å². The number of hydrogen-bond acceptors (Lipinski definition) is 3. The van der Waals surface area contributed by atoms with Gasteiger partial charge in [0, 0.05) is 23.3 Å². The van der Waals surface area contributed by atoms with E-state index in [9.17, 15) is 0 Å². The number of piperidine rings is 1. The minimum Gasteiger partial charge on any atom is -0.389 e. The van der Waals surface area contributed by atoms with E-state index in [0.717, 1.165) is 16.8 Å². The molecule has 3 nitrogen and oxygen atoms in total. The Labute approximate surface area is 121 Å². The monoisotopic (exact) mass is 277 g/mol. The van der Waals surface area contributed by atoms with Crippen molar-refractivity contribution in [2.45, 2.75) is 52.1 Å². The van der Waals surface area contributed by atoms with Gasteiger partial charge in [0.15, 0.2) is 0 Å². The number of rotatable bonds is 3. The highest BCUT2D eigenvalue weighted by atomic mass is 32.1. The normalized spacial score (nSPS) is 24.2. The summed E-state index contributed by atoms with van der Waals surface area (Å²) in [5.74, 6) is 0. The molecule has 4 heteroatoms. The second-order valence-electron chi connectivity index (χ2n) is 5.54. The van der Waals surface area contributed by atoms with Gasteiger partial charge in [-0.3, -0.25) is 0 Å². The van der Waals surface area contributed by atoms with Gasteiger partial charge in [-0.25, -0.2) is 5.01 Å². The van der Waals surface area contributed by atoms with E-state index in [1.807, 2.05) is 13.0 Å². The summed E-state index contributed by atoms with van der Waals surface area (Å²) in [6.07, 6.45) is 3.82. The van der Waals surface area contributed by atoms with Crippen molar-refractivity contribution in [2.75, 3.05) is 5.43 Å². The zero-order valence-corrected chi connectivity index (χ0v) is 12.8. The SMILES string of the molecule is Cc1cc(NN2C(C)CCCC2C)ccc1C(N)=S. The maximum Gasteiger partial charge on any atom is 0.104 e. The highest BCUT2D eigenvalue weighted by Gasteiger charge is 2.24. The van der Waals surface area contributed by atoms with E-state index in [2.05, 4.69) is 36.4 Å². The molecule has 19 heavy (non-hydrogen) atoms. The number of aryl methyl sites for hydroxylation is 1. The molecule has 0 aromatic heterocycles. The fourth-order valence-electron chi connectivity index (χ4n) is 2.80. The van der Waals surface area contributed by atoms with Crippen LogP contribution in [0.2, 0.25) is 0 Å². The van der Waals surface area contributed by atoms with Crippen LogP contribution in [0.1, 0.15) is 44.2 Å². The number of hydrazine groups is 1. The largest absolute Gasteiger partial charge is 0.389 e. The molecule has 1 fully saturated rings. The third kappa shape index (κ3) is 3.25. The average molecular weight is 277 g/mol. The Bertz CT molecular complexity index is 462. The van der Waals surface area contributed by atoms with Crippen molar-refractivity contribution < 1.29 is 0 Å². The molecule has 1 aromatic carbocycles. The fourth-order valence-corrected chi connectivity index (χ4v) is 3.03. The first kappa shape index (κ1) is 14.3. The highest BCUT2D eigenvalue weighted by Crippen LogP contribution is 2.24. The molecule has 3 N–H and O–H groups in total. The zero-order valence-electron chi connectivity index (χ0n) is 11.9.